The van der Waals surface area contributed by atoms with Crippen LogP contribution in [0.5, 0.6) is 0 Å². The summed E-state index contributed by atoms with van der Waals surface area (Å²) in [6, 6.07) is 16.0. The molecule has 0 unspecified atom stereocenters. The Hall–Kier alpha value is -3.59. The molecule has 1 saturated heterocycles. The molecule has 1 aliphatic heterocycles. The predicted octanol–water partition coefficient (Wildman–Crippen LogP) is 1.03. The fourth-order valence-electron chi connectivity index (χ4n) is 3.00. The van der Waals surface area contributed by atoms with Crippen molar-refractivity contribution in [3.05, 3.63) is 66.5 Å². The largest absolute Gasteiger partial charge is 0.369 e. The number of carbonyl (C=O) groups excluding carboxylic acids is 2. The highest BCUT2D eigenvalue weighted by atomic mass is 16.5. The number of hydrogen-bond acceptors (Lipinski definition) is 6. The van der Waals surface area contributed by atoms with Gasteiger partial charge in [0.15, 0.2) is 0 Å². The van der Waals surface area contributed by atoms with E-state index in [2.05, 4.69) is 20.8 Å². The first-order valence-corrected chi connectivity index (χ1v) is 8.76. The van der Waals surface area contributed by atoms with Crippen molar-refractivity contribution in [1.29, 1.82) is 0 Å². The highest BCUT2D eigenvalue weighted by Gasteiger charge is 2.34. The summed E-state index contributed by atoms with van der Waals surface area (Å²) in [6.07, 6.45) is 1.49. The number of amides is 2. The van der Waals surface area contributed by atoms with Gasteiger partial charge in [0.05, 0.1) is 12.3 Å². The molecule has 2 amide bonds. The highest BCUT2D eigenvalue weighted by molar-refractivity contribution is 5.98. The molecule has 0 saturated carbocycles. The summed E-state index contributed by atoms with van der Waals surface area (Å²) in [4.78, 5) is 26.7. The second kappa shape index (κ2) is 7.97. The number of aromatic nitrogens is 4. The van der Waals surface area contributed by atoms with Crippen LogP contribution >= 0.6 is 0 Å². The first-order chi connectivity index (χ1) is 13.7. The number of anilines is 1. The van der Waals surface area contributed by atoms with Crippen molar-refractivity contribution >= 4 is 17.5 Å². The number of carbonyl (C=O) groups is 2. The molecule has 0 aliphatic carbocycles. The summed E-state index contributed by atoms with van der Waals surface area (Å²) in [5.41, 5.74) is 2.34. The fourth-order valence-corrected chi connectivity index (χ4v) is 3.00. The number of nitrogens with zero attached hydrogens (tertiary/aromatic N) is 5. The van der Waals surface area contributed by atoms with Crippen molar-refractivity contribution in [1.82, 2.24) is 25.1 Å². The Labute approximate surface area is 160 Å². The van der Waals surface area contributed by atoms with E-state index < -0.39 is 6.04 Å². The third-order valence-electron chi connectivity index (χ3n) is 4.44. The lowest BCUT2D eigenvalue weighted by Gasteiger charge is -2.34. The average Bonchev–Trinajstić information content (AvgIpc) is 3.26. The Balaban J connectivity index is 1.46. The van der Waals surface area contributed by atoms with Crippen molar-refractivity contribution in [2.45, 2.75) is 12.6 Å². The van der Waals surface area contributed by atoms with E-state index in [1.165, 1.54) is 11.0 Å². The van der Waals surface area contributed by atoms with Crippen LogP contribution in [0.3, 0.4) is 0 Å². The quantitative estimate of drug-likeness (QED) is 0.711. The van der Waals surface area contributed by atoms with Gasteiger partial charge < -0.3 is 15.0 Å². The first-order valence-electron chi connectivity index (χ1n) is 8.76. The van der Waals surface area contributed by atoms with E-state index in [0.29, 0.717) is 12.2 Å². The number of tetrazole rings is 1. The maximum Gasteiger partial charge on any atom is 0.249 e. The molecule has 1 N–H and O–H groups in total. The number of benzene rings is 2. The molecule has 142 valence electrons. The van der Waals surface area contributed by atoms with Crippen molar-refractivity contribution in [2.75, 3.05) is 18.5 Å². The molecule has 1 atom stereocenters. The molecule has 9 nitrogen and oxygen atoms in total. The van der Waals surface area contributed by atoms with Crippen LogP contribution in [0.1, 0.15) is 5.56 Å². The van der Waals surface area contributed by atoms with E-state index in [4.69, 9.17) is 4.74 Å². The van der Waals surface area contributed by atoms with Gasteiger partial charge >= 0.3 is 0 Å². The Kier molecular flexibility index (Phi) is 5.07. The molecule has 0 spiro atoms. The van der Waals surface area contributed by atoms with Crippen LogP contribution in [-0.4, -0.2) is 56.2 Å². The zero-order valence-electron chi connectivity index (χ0n) is 14.9. The Morgan fingerprint density at radius 1 is 1.14 bits per heavy atom. The summed E-state index contributed by atoms with van der Waals surface area (Å²) in [6.45, 7) is 0.504. The standard InChI is InChI=1S/C19H18N6O3/c26-18-12-28-11-17(24(18)10-14-4-2-1-3-5-14)19(27)21-15-6-8-16(9-7-15)25-13-20-22-23-25/h1-9,13,17H,10-12H2,(H,21,27)/t17-/m0/s1. The number of morpholine rings is 1. The lowest BCUT2D eigenvalue weighted by Crippen LogP contribution is -2.54. The SMILES string of the molecule is O=C(Nc1ccc(-n2cnnn2)cc1)[C@@H]1COCC(=O)N1Cc1ccccc1. The smallest absolute Gasteiger partial charge is 0.249 e. The lowest BCUT2D eigenvalue weighted by atomic mass is 10.1. The van der Waals surface area contributed by atoms with Gasteiger partial charge in [-0.3, -0.25) is 9.59 Å². The second-order valence-electron chi connectivity index (χ2n) is 6.33. The molecule has 3 aromatic rings. The molecule has 1 fully saturated rings. The minimum Gasteiger partial charge on any atom is -0.369 e. The van der Waals surface area contributed by atoms with E-state index in [0.717, 1.165) is 11.3 Å². The monoisotopic (exact) mass is 378 g/mol. The van der Waals surface area contributed by atoms with Gasteiger partial charge in [-0.15, -0.1) is 5.10 Å². The number of ether oxygens (including phenoxy) is 1. The summed E-state index contributed by atoms with van der Waals surface area (Å²) < 4.78 is 6.83. The molecule has 1 aromatic heterocycles. The topological polar surface area (TPSA) is 102 Å². The normalized spacial score (nSPS) is 16.8. The Morgan fingerprint density at radius 3 is 2.64 bits per heavy atom. The predicted molar refractivity (Wildman–Crippen MR) is 99.4 cm³/mol. The summed E-state index contributed by atoms with van der Waals surface area (Å²) in [5, 5.41) is 13.8. The summed E-state index contributed by atoms with van der Waals surface area (Å²) >= 11 is 0. The molecule has 1 aliphatic rings. The number of hydrogen-bond donors (Lipinski definition) is 1. The molecule has 2 heterocycles. The zero-order valence-corrected chi connectivity index (χ0v) is 14.9. The molecular weight excluding hydrogens is 360 g/mol. The maximum atomic E-state index is 12.8. The average molecular weight is 378 g/mol. The molecule has 28 heavy (non-hydrogen) atoms. The van der Waals surface area contributed by atoms with Crippen LogP contribution in [0.2, 0.25) is 0 Å². The molecule has 4 rings (SSSR count). The van der Waals surface area contributed by atoms with E-state index in [9.17, 15) is 9.59 Å². The van der Waals surface area contributed by atoms with E-state index in [-0.39, 0.29) is 25.0 Å². The minimum absolute atomic E-state index is 0.0166. The molecule has 0 radical (unpaired) electrons. The van der Waals surface area contributed by atoms with E-state index >= 15 is 0 Å². The van der Waals surface area contributed by atoms with E-state index in [1.54, 1.807) is 29.2 Å². The van der Waals surface area contributed by atoms with Crippen LogP contribution < -0.4 is 5.32 Å². The van der Waals surface area contributed by atoms with E-state index in [1.807, 2.05) is 30.3 Å². The van der Waals surface area contributed by atoms with Crippen molar-refractivity contribution in [3.8, 4) is 5.69 Å². The zero-order chi connectivity index (χ0) is 19.3. The summed E-state index contributed by atoms with van der Waals surface area (Å²) in [5.74, 6) is -0.497. The highest BCUT2D eigenvalue weighted by Crippen LogP contribution is 2.17. The van der Waals surface area contributed by atoms with Crippen LogP contribution in [0, 0.1) is 0 Å². The number of rotatable bonds is 5. The molecule has 0 bridgehead atoms. The van der Waals surface area contributed by atoms with Crippen LogP contribution in [0.4, 0.5) is 5.69 Å². The van der Waals surface area contributed by atoms with Gasteiger partial charge in [0.25, 0.3) is 0 Å². The Bertz CT molecular complexity index is 944. The summed E-state index contributed by atoms with van der Waals surface area (Å²) in [7, 11) is 0. The van der Waals surface area contributed by atoms with Crippen molar-refractivity contribution < 1.29 is 14.3 Å². The van der Waals surface area contributed by atoms with Gasteiger partial charge in [0.1, 0.15) is 19.0 Å². The van der Waals surface area contributed by atoms with Gasteiger partial charge in [0.2, 0.25) is 11.8 Å². The van der Waals surface area contributed by atoms with Gasteiger partial charge in [-0.1, -0.05) is 30.3 Å². The Morgan fingerprint density at radius 2 is 1.93 bits per heavy atom. The molecule has 9 heteroatoms. The third-order valence-corrected chi connectivity index (χ3v) is 4.44. The lowest BCUT2D eigenvalue weighted by molar-refractivity contribution is -0.154. The second-order valence-corrected chi connectivity index (χ2v) is 6.33. The first kappa shape index (κ1) is 17.8. The maximum absolute atomic E-state index is 12.8. The van der Waals surface area contributed by atoms with Gasteiger partial charge in [0, 0.05) is 12.2 Å². The van der Waals surface area contributed by atoms with Gasteiger partial charge in [-0.2, -0.15) is 0 Å². The van der Waals surface area contributed by atoms with Crippen molar-refractivity contribution in [3.63, 3.8) is 0 Å². The van der Waals surface area contributed by atoms with Crippen LogP contribution in [0.25, 0.3) is 5.69 Å². The molecule has 2 aromatic carbocycles. The van der Waals surface area contributed by atoms with Crippen LogP contribution in [-0.2, 0) is 20.9 Å². The van der Waals surface area contributed by atoms with Gasteiger partial charge in [-0.05, 0) is 40.3 Å². The number of nitrogens with one attached hydrogen (secondary N) is 1. The molecular formula is C19H18N6O3. The minimum atomic E-state index is -0.694. The van der Waals surface area contributed by atoms with Crippen LogP contribution in [0.15, 0.2) is 60.9 Å². The third kappa shape index (κ3) is 3.89. The fraction of sp³-hybridized carbons (Fsp3) is 0.211. The van der Waals surface area contributed by atoms with Crippen molar-refractivity contribution in [2.24, 2.45) is 0 Å². The van der Waals surface area contributed by atoms with Gasteiger partial charge in [-0.25, -0.2) is 4.68 Å².